The molecule has 1 unspecified atom stereocenters. The SMILES string of the molecule is CC(NC(=O)c1cc(Br)ccc1Br)C(=O)NC1CC1. The van der Waals surface area contributed by atoms with Crippen LogP contribution in [0.4, 0.5) is 0 Å². The molecule has 2 N–H and O–H groups in total. The third-order valence-corrected chi connectivity index (χ3v) is 4.02. The lowest BCUT2D eigenvalue weighted by Crippen LogP contribution is -2.45. The highest BCUT2D eigenvalue weighted by molar-refractivity contribution is 9.11. The quantitative estimate of drug-likeness (QED) is 0.831. The van der Waals surface area contributed by atoms with Crippen molar-refractivity contribution in [1.29, 1.82) is 0 Å². The van der Waals surface area contributed by atoms with Crippen molar-refractivity contribution in [3.63, 3.8) is 0 Å². The average molecular weight is 390 g/mol. The van der Waals surface area contributed by atoms with Crippen molar-refractivity contribution in [3.8, 4) is 0 Å². The van der Waals surface area contributed by atoms with Gasteiger partial charge in [0.05, 0.1) is 5.56 Å². The van der Waals surface area contributed by atoms with Crippen molar-refractivity contribution < 1.29 is 9.59 Å². The first-order valence-electron chi connectivity index (χ1n) is 6.03. The third-order valence-electron chi connectivity index (χ3n) is 2.84. The summed E-state index contributed by atoms with van der Waals surface area (Å²) >= 11 is 6.65. The maximum Gasteiger partial charge on any atom is 0.253 e. The highest BCUT2D eigenvalue weighted by Gasteiger charge is 2.26. The molecule has 0 saturated heterocycles. The molecule has 0 aromatic heterocycles. The molecule has 1 aromatic carbocycles. The smallest absolute Gasteiger partial charge is 0.253 e. The normalized spacial score (nSPS) is 15.7. The van der Waals surface area contributed by atoms with Crippen LogP contribution in [0.3, 0.4) is 0 Å². The van der Waals surface area contributed by atoms with Gasteiger partial charge in [-0.3, -0.25) is 9.59 Å². The van der Waals surface area contributed by atoms with E-state index in [0.717, 1.165) is 17.3 Å². The van der Waals surface area contributed by atoms with Crippen LogP contribution < -0.4 is 10.6 Å². The summed E-state index contributed by atoms with van der Waals surface area (Å²) in [6, 6.07) is 5.09. The number of halogens is 2. The summed E-state index contributed by atoms with van der Waals surface area (Å²) in [4.78, 5) is 23.9. The van der Waals surface area contributed by atoms with E-state index in [0.29, 0.717) is 16.1 Å². The predicted molar refractivity (Wildman–Crippen MR) is 79.9 cm³/mol. The lowest BCUT2D eigenvalue weighted by molar-refractivity contribution is -0.122. The van der Waals surface area contributed by atoms with Gasteiger partial charge in [0.1, 0.15) is 6.04 Å². The molecule has 1 fully saturated rings. The molecule has 2 amide bonds. The Morgan fingerprint density at radius 1 is 1.32 bits per heavy atom. The van der Waals surface area contributed by atoms with Crippen LogP contribution in [0, 0.1) is 0 Å². The summed E-state index contributed by atoms with van der Waals surface area (Å²) in [5.41, 5.74) is 0.500. The molecule has 2 rings (SSSR count). The van der Waals surface area contributed by atoms with Crippen LogP contribution in [-0.4, -0.2) is 23.9 Å². The maximum atomic E-state index is 12.1. The lowest BCUT2D eigenvalue weighted by Gasteiger charge is -2.14. The fraction of sp³-hybridized carbons (Fsp3) is 0.385. The molecular weight excluding hydrogens is 376 g/mol. The molecule has 1 saturated carbocycles. The van der Waals surface area contributed by atoms with Gasteiger partial charge in [0, 0.05) is 15.0 Å². The van der Waals surface area contributed by atoms with Crippen LogP contribution >= 0.6 is 31.9 Å². The van der Waals surface area contributed by atoms with Gasteiger partial charge in [0.15, 0.2) is 0 Å². The molecule has 0 heterocycles. The number of benzene rings is 1. The summed E-state index contributed by atoms with van der Waals surface area (Å²) < 4.78 is 1.51. The van der Waals surface area contributed by atoms with Crippen LogP contribution in [-0.2, 0) is 4.79 Å². The largest absolute Gasteiger partial charge is 0.352 e. The van der Waals surface area contributed by atoms with Crippen molar-refractivity contribution in [2.75, 3.05) is 0 Å². The highest BCUT2D eigenvalue weighted by atomic mass is 79.9. The fourth-order valence-electron chi connectivity index (χ4n) is 1.57. The summed E-state index contributed by atoms with van der Waals surface area (Å²) in [6.07, 6.45) is 2.06. The highest BCUT2D eigenvalue weighted by Crippen LogP contribution is 2.22. The molecule has 1 aromatic rings. The number of amides is 2. The predicted octanol–water partition coefficient (Wildman–Crippen LogP) is 2.61. The second-order valence-electron chi connectivity index (χ2n) is 4.60. The minimum absolute atomic E-state index is 0.137. The zero-order valence-corrected chi connectivity index (χ0v) is 13.5. The Balaban J connectivity index is 1.99. The first-order valence-corrected chi connectivity index (χ1v) is 7.62. The van der Waals surface area contributed by atoms with E-state index < -0.39 is 6.04 Å². The molecule has 0 bridgehead atoms. The van der Waals surface area contributed by atoms with E-state index in [1.807, 2.05) is 6.07 Å². The van der Waals surface area contributed by atoms with Gasteiger partial charge in [0.25, 0.3) is 5.91 Å². The van der Waals surface area contributed by atoms with E-state index in [9.17, 15) is 9.59 Å². The molecule has 102 valence electrons. The van der Waals surface area contributed by atoms with Crippen LogP contribution in [0.15, 0.2) is 27.1 Å². The molecule has 4 nitrogen and oxygen atoms in total. The van der Waals surface area contributed by atoms with Crippen LogP contribution in [0.2, 0.25) is 0 Å². The molecule has 0 radical (unpaired) electrons. The Kier molecular flexibility index (Phi) is 4.62. The summed E-state index contributed by atoms with van der Waals surface area (Å²) in [5, 5.41) is 5.56. The Morgan fingerprint density at radius 3 is 2.63 bits per heavy atom. The number of nitrogens with one attached hydrogen (secondary N) is 2. The number of carbonyl (C=O) groups excluding carboxylic acids is 2. The fourth-order valence-corrected chi connectivity index (χ4v) is 2.35. The Labute approximate surface area is 128 Å². The minimum Gasteiger partial charge on any atom is -0.352 e. The first-order chi connectivity index (χ1) is 8.97. The minimum atomic E-state index is -0.543. The second kappa shape index (κ2) is 6.05. The second-order valence-corrected chi connectivity index (χ2v) is 6.37. The number of carbonyl (C=O) groups is 2. The monoisotopic (exact) mass is 388 g/mol. The Hall–Kier alpha value is -0.880. The number of hydrogen-bond acceptors (Lipinski definition) is 2. The summed E-state index contributed by atoms with van der Waals surface area (Å²) in [7, 11) is 0. The van der Waals surface area contributed by atoms with Gasteiger partial charge in [-0.1, -0.05) is 15.9 Å². The standard InChI is InChI=1S/C13H14Br2N2O2/c1-7(12(18)17-9-3-4-9)16-13(19)10-6-8(14)2-5-11(10)15/h2,5-7,9H,3-4H2,1H3,(H,16,19)(H,17,18). The van der Waals surface area contributed by atoms with E-state index in [2.05, 4.69) is 42.5 Å². The molecule has 0 spiro atoms. The molecule has 19 heavy (non-hydrogen) atoms. The molecule has 6 heteroatoms. The van der Waals surface area contributed by atoms with Gasteiger partial charge >= 0.3 is 0 Å². The van der Waals surface area contributed by atoms with Crippen molar-refractivity contribution in [2.24, 2.45) is 0 Å². The molecule has 0 aliphatic heterocycles. The lowest BCUT2D eigenvalue weighted by atomic mass is 10.2. The van der Waals surface area contributed by atoms with Crippen LogP contribution in [0.1, 0.15) is 30.1 Å². The van der Waals surface area contributed by atoms with Gasteiger partial charge in [-0.05, 0) is 53.9 Å². The van der Waals surface area contributed by atoms with Gasteiger partial charge in [-0.2, -0.15) is 0 Å². The van der Waals surface area contributed by atoms with Crippen molar-refractivity contribution in [3.05, 3.63) is 32.7 Å². The number of hydrogen-bond donors (Lipinski definition) is 2. The van der Waals surface area contributed by atoms with Gasteiger partial charge < -0.3 is 10.6 Å². The summed E-state index contributed by atoms with van der Waals surface area (Å²) in [5.74, 6) is -0.409. The van der Waals surface area contributed by atoms with Crippen molar-refractivity contribution >= 4 is 43.7 Å². The zero-order valence-electron chi connectivity index (χ0n) is 10.4. The Morgan fingerprint density at radius 2 is 2.00 bits per heavy atom. The molecule has 1 aliphatic rings. The van der Waals surface area contributed by atoms with Crippen molar-refractivity contribution in [1.82, 2.24) is 10.6 Å². The number of rotatable bonds is 4. The van der Waals surface area contributed by atoms with Crippen LogP contribution in [0.5, 0.6) is 0 Å². The average Bonchev–Trinajstić information content (AvgIpc) is 3.15. The molecule has 1 aliphatic carbocycles. The van der Waals surface area contributed by atoms with E-state index in [-0.39, 0.29) is 11.8 Å². The molecule has 1 atom stereocenters. The Bertz CT molecular complexity index is 515. The van der Waals surface area contributed by atoms with Gasteiger partial charge in [0.2, 0.25) is 5.91 Å². The zero-order chi connectivity index (χ0) is 14.0. The summed E-state index contributed by atoms with van der Waals surface area (Å²) in [6.45, 7) is 1.68. The van der Waals surface area contributed by atoms with Gasteiger partial charge in [-0.15, -0.1) is 0 Å². The van der Waals surface area contributed by atoms with E-state index in [1.165, 1.54) is 0 Å². The maximum absolute atomic E-state index is 12.1. The van der Waals surface area contributed by atoms with Crippen molar-refractivity contribution in [2.45, 2.75) is 31.8 Å². The van der Waals surface area contributed by atoms with E-state index in [1.54, 1.807) is 19.1 Å². The van der Waals surface area contributed by atoms with Gasteiger partial charge in [-0.25, -0.2) is 0 Å². The van der Waals surface area contributed by atoms with E-state index >= 15 is 0 Å². The topological polar surface area (TPSA) is 58.2 Å². The first kappa shape index (κ1) is 14.5. The molecular formula is C13H14Br2N2O2. The third kappa shape index (κ3) is 4.04. The van der Waals surface area contributed by atoms with Crippen LogP contribution in [0.25, 0.3) is 0 Å². The van der Waals surface area contributed by atoms with E-state index in [4.69, 9.17) is 0 Å².